The first-order chi connectivity index (χ1) is 13.8. The molecule has 5 aromatic rings. The zero-order chi connectivity index (χ0) is 18.9. The third-order valence-corrected chi connectivity index (χ3v) is 4.87. The number of hydrogen-bond acceptors (Lipinski definition) is 3. The van der Waals surface area contributed by atoms with Crippen LogP contribution in [0.2, 0.25) is 0 Å². The summed E-state index contributed by atoms with van der Waals surface area (Å²) >= 11 is 0. The van der Waals surface area contributed by atoms with E-state index >= 15 is 0 Å². The van der Waals surface area contributed by atoms with Crippen molar-refractivity contribution in [2.24, 2.45) is 0 Å². The molecule has 6 nitrogen and oxygen atoms in total. The molecule has 3 N–H and O–H groups in total. The smallest absolute Gasteiger partial charge is 0.273 e. The van der Waals surface area contributed by atoms with Gasteiger partial charge in [-0.3, -0.25) is 9.89 Å². The Morgan fingerprint density at radius 2 is 1.71 bits per heavy atom. The molecule has 0 aliphatic rings. The van der Waals surface area contributed by atoms with Gasteiger partial charge in [0.1, 0.15) is 0 Å². The molecule has 0 radical (unpaired) electrons. The molecule has 6 heteroatoms. The van der Waals surface area contributed by atoms with E-state index in [1.807, 2.05) is 72.8 Å². The summed E-state index contributed by atoms with van der Waals surface area (Å²) in [4.78, 5) is 20.5. The number of nitrogens with zero attached hydrogens (tertiary/aromatic N) is 2. The molecule has 2 aromatic heterocycles. The van der Waals surface area contributed by atoms with Gasteiger partial charge in [-0.2, -0.15) is 5.10 Å². The van der Waals surface area contributed by atoms with Crippen molar-refractivity contribution in [3.63, 3.8) is 0 Å². The molecule has 0 saturated carbocycles. The molecule has 0 spiro atoms. The monoisotopic (exact) mass is 367 g/mol. The highest BCUT2D eigenvalue weighted by Gasteiger charge is 2.21. The fourth-order valence-electron chi connectivity index (χ4n) is 3.47. The number of carbonyl (C=O) groups is 1. The Hall–Kier alpha value is -3.93. The second-order valence-electron chi connectivity index (χ2n) is 6.61. The van der Waals surface area contributed by atoms with Crippen LogP contribution in [0.15, 0.2) is 79.1 Å². The van der Waals surface area contributed by atoms with E-state index in [9.17, 15) is 4.79 Å². The van der Waals surface area contributed by atoms with Crippen molar-refractivity contribution in [3.8, 4) is 0 Å². The minimum absolute atomic E-state index is 0.226. The van der Waals surface area contributed by atoms with Crippen molar-refractivity contribution < 1.29 is 4.79 Å². The quantitative estimate of drug-likeness (QED) is 0.449. The van der Waals surface area contributed by atoms with E-state index in [-0.39, 0.29) is 11.9 Å². The lowest BCUT2D eigenvalue weighted by atomic mass is 9.98. The predicted octanol–water partition coefficient (Wildman–Crippen LogP) is 3.96. The Balaban J connectivity index is 1.55. The van der Waals surface area contributed by atoms with Gasteiger partial charge in [0, 0.05) is 5.39 Å². The Morgan fingerprint density at radius 1 is 0.893 bits per heavy atom. The Bertz CT molecular complexity index is 1270. The van der Waals surface area contributed by atoms with Crippen LogP contribution in [0.25, 0.3) is 21.9 Å². The Morgan fingerprint density at radius 3 is 2.61 bits per heavy atom. The predicted molar refractivity (Wildman–Crippen MR) is 108 cm³/mol. The highest BCUT2D eigenvalue weighted by atomic mass is 16.2. The number of amides is 1. The second kappa shape index (κ2) is 6.66. The number of rotatable bonds is 4. The topological polar surface area (TPSA) is 86.5 Å². The maximum absolute atomic E-state index is 13.1. The molecule has 28 heavy (non-hydrogen) atoms. The van der Waals surface area contributed by atoms with Crippen LogP contribution in [0.5, 0.6) is 0 Å². The SMILES string of the molecule is O=C(NC(c1ccccc1)c1ccc2nc[nH]c2c1)c1n[nH]c2ccccc12. The van der Waals surface area contributed by atoms with E-state index in [4.69, 9.17) is 0 Å². The van der Waals surface area contributed by atoms with E-state index in [2.05, 4.69) is 25.5 Å². The largest absolute Gasteiger partial charge is 0.345 e. The van der Waals surface area contributed by atoms with Crippen LogP contribution < -0.4 is 5.32 Å². The van der Waals surface area contributed by atoms with Gasteiger partial charge in [0.05, 0.1) is 28.9 Å². The Labute approximate surface area is 160 Å². The molecule has 0 fully saturated rings. The summed E-state index contributed by atoms with van der Waals surface area (Å²) < 4.78 is 0. The highest BCUT2D eigenvalue weighted by molar-refractivity contribution is 6.04. The van der Waals surface area contributed by atoms with E-state index in [0.29, 0.717) is 5.69 Å². The minimum atomic E-state index is -0.308. The van der Waals surface area contributed by atoms with Crippen molar-refractivity contribution in [1.82, 2.24) is 25.5 Å². The van der Waals surface area contributed by atoms with Crippen molar-refractivity contribution in [1.29, 1.82) is 0 Å². The maximum atomic E-state index is 13.1. The second-order valence-corrected chi connectivity index (χ2v) is 6.61. The van der Waals surface area contributed by atoms with Crippen LogP contribution in [0.1, 0.15) is 27.7 Å². The van der Waals surface area contributed by atoms with Gasteiger partial charge in [0.2, 0.25) is 0 Å². The van der Waals surface area contributed by atoms with Crippen LogP contribution >= 0.6 is 0 Å². The van der Waals surface area contributed by atoms with Crippen molar-refractivity contribution in [2.45, 2.75) is 6.04 Å². The number of aromatic amines is 2. The molecule has 136 valence electrons. The fraction of sp³-hybridized carbons (Fsp3) is 0.0455. The molecule has 1 unspecified atom stereocenters. The summed E-state index contributed by atoms with van der Waals surface area (Å²) in [5.41, 5.74) is 5.01. The van der Waals surface area contributed by atoms with Crippen LogP contribution in [0.3, 0.4) is 0 Å². The number of hydrogen-bond donors (Lipinski definition) is 3. The van der Waals surface area contributed by atoms with E-state index in [0.717, 1.165) is 33.1 Å². The number of benzene rings is 3. The molecule has 3 aromatic carbocycles. The molecule has 1 amide bonds. The van der Waals surface area contributed by atoms with Crippen LogP contribution in [0.4, 0.5) is 0 Å². The zero-order valence-electron chi connectivity index (χ0n) is 14.9. The Kier molecular flexibility index (Phi) is 3.87. The first kappa shape index (κ1) is 16.3. The minimum Gasteiger partial charge on any atom is -0.345 e. The van der Waals surface area contributed by atoms with Crippen LogP contribution in [-0.4, -0.2) is 26.1 Å². The van der Waals surface area contributed by atoms with Gasteiger partial charge < -0.3 is 10.3 Å². The van der Waals surface area contributed by atoms with Gasteiger partial charge in [-0.05, 0) is 29.3 Å². The molecule has 0 bridgehead atoms. The van der Waals surface area contributed by atoms with Gasteiger partial charge in [-0.25, -0.2) is 4.98 Å². The first-order valence-corrected chi connectivity index (χ1v) is 9.01. The summed E-state index contributed by atoms with van der Waals surface area (Å²) in [6.07, 6.45) is 1.67. The summed E-state index contributed by atoms with van der Waals surface area (Å²) in [6, 6.07) is 23.2. The molecular formula is C22H17N5O. The fourth-order valence-corrected chi connectivity index (χ4v) is 3.47. The maximum Gasteiger partial charge on any atom is 0.273 e. The average Bonchev–Trinajstić information content (AvgIpc) is 3.39. The number of para-hydroxylation sites is 1. The van der Waals surface area contributed by atoms with Crippen molar-refractivity contribution >= 4 is 27.8 Å². The number of nitrogens with one attached hydrogen (secondary N) is 3. The summed E-state index contributed by atoms with van der Waals surface area (Å²) in [7, 11) is 0. The number of imidazole rings is 1. The lowest BCUT2D eigenvalue weighted by Gasteiger charge is -2.19. The van der Waals surface area contributed by atoms with E-state index in [1.54, 1.807) is 6.33 Å². The summed E-state index contributed by atoms with van der Waals surface area (Å²) in [5.74, 6) is -0.226. The molecule has 2 heterocycles. The van der Waals surface area contributed by atoms with Gasteiger partial charge in [0.15, 0.2) is 5.69 Å². The lowest BCUT2D eigenvalue weighted by molar-refractivity contribution is 0.0939. The standard InChI is InChI=1S/C22H17N5O/c28-22(21-16-8-4-5-9-17(16)26-27-21)25-20(14-6-2-1-3-7-14)15-10-11-18-19(12-15)24-13-23-18/h1-13,20H,(H,23,24)(H,25,28)(H,26,27). The van der Waals surface area contributed by atoms with E-state index in [1.165, 1.54) is 0 Å². The van der Waals surface area contributed by atoms with Crippen LogP contribution in [0, 0.1) is 0 Å². The highest BCUT2D eigenvalue weighted by Crippen LogP contribution is 2.25. The van der Waals surface area contributed by atoms with Crippen molar-refractivity contribution in [3.05, 3.63) is 95.9 Å². The van der Waals surface area contributed by atoms with Gasteiger partial charge >= 0.3 is 0 Å². The third-order valence-electron chi connectivity index (χ3n) is 4.87. The molecule has 0 aliphatic heterocycles. The van der Waals surface area contributed by atoms with Gasteiger partial charge in [-0.1, -0.05) is 54.6 Å². The third kappa shape index (κ3) is 2.81. The van der Waals surface area contributed by atoms with Crippen molar-refractivity contribution in [2.75, 3.05) is 0 Å². The van der Waals surface area contributed by atoms with Gasteiger partial charge in [0.25, 0.3) is 5.91 Å². The summed E-state index contributed by atoms with van der Waals surface area (Å²) in [5, 5.41) is 11.1. The van der Waals surface area contributed by atoms with Gasteiger partial charge in [-0.15, -0.1) is 0 Å². The number of carbonyl (C=O) groups excluding carboxylic acids is 1. The molecule has 1 atom stereocenters. The van der Waals surface area contributed by atoms with Crippen LogP contribution in [-0.2, 0) is 0 Å². The summed E-state index contributed by atoms with van der Waals surface area (Å²) in [6.45, 7) is 0. The molecule has 0 aliphatic carbocycles. The lowest BCUT2D eigenvalue weighted by Crippen LogP contribution is -2.29. The molecule has 5 rings (SSSR count). The molecular weight excluding hydrogens is 350 g/mol. The average molecular weight is 367 g/mol. The zero-order valence-corrected chi connectivity index (χ0v) is 14.9. The molecule has 0 saturated heterocycles. The number of H-pyrrole nitrogens is 2. The number of aromatic nitrogens is 4. The van der Waals surface area contributed by atoms with E-state index < -0.39 is 0 Å². The first-order valence-electron chi connectivity index (χ1n) is 9.01. The number of fused-ring (bicyclic) bond motifs is 2. The normalized spacial score (nSPS) is 12.3.